The van der Waals surface area contributed by atoms with Gasteiger partial charge in [-0.1, -0.05) is 191 Å². The molecule has 0 saturated heterocycles. The molecule has 1 radical (unpaired) electrons. The molecular weight excluding hydrogens is 1200 g/mol. The van der Waals surface area contributed by atoms with Gasteiger partial charge in [-0.25, -0.2) is 0 Å². The third kappa shape index (κ3) is 10.0. The molecule has 2 aliphatic rings. The molecule has 5 heterocycles. The summed E-state index contributed by atoms with van der Waals surface area (Å²) in [6.45, 7) is 34.4. The Hall–Kier alpha value is -6.83. The summed E-state index contributed by atoms with van der Waals surface area (Å²) in [4.78, 5) is 12.3. The van der Waals surface area contributed by atoms with Crippen molar-refractivity contribution in [1.29, 1.82) is 0 Å². The van der Waals surface area contributed by atoms with Gasteiger partial charge in [0.1, 0.15) is 0 Å². The summed E-state index contributed by atoms with van der Waals surface area (Å²) in [6, 6.07) is 59.7. The van der Waals surface area contributed by atoms with Crippen LogP contribution in [0.4, 0.5) is 4.39 Å². The van der Waals surface area contributed by atoms with Crippen LogP contribution in [0.15, 0.2) is 162 Å². The minimum Gasteiger partial charge on any atom is -0.333 e. The molecule has 13 rings (SSSR count). The molecule has 0 unspecified atom stereocenters. The minimum absolute atomic E-state index is 0. The van der Waals surface area contributed by atoms with Gasteiger partial charge in [0.15, 0.2) is 0 Å². The smallest absolute Gasteiger partial charge is 0.249 e. The number of imidazole rings is 1. The average molecular weight is 1270 g/mol. The number of hydrogen-bond donors (Lipinski definition) is 0. The second-order valence-corrected chi connectivity index (χ2v) is 27.5. The monoisotopic (exact) mass is 1270 g/mol. The summed E-state index contributed by atoms with van der Waals surface area (Å²) in [5.74, 6) is 1.34. The van der Waals surface area contributed by atoms with E-state index in [9.17, 15) is 4.39 Å². The van der Waals surface area contributed by atoms with E-state index in [0.29, 0.717) is 11.8 Å². The maximum absolute atomic E-state index is 12.7. The maximum atomic E-state index is 12.7. The average Bonchev–Trinajstić information content (AvgIpc) is 1.57. The van der Waals surface area contributed by atoms with Crippen molar-refractivity contribution in [3.63, 3.8) is 0 Å². The molecule has 11 aromatic rings. The van der Waals surface area contributed by atoms with Crippen LogP contribution in [0.3, 0.4) is 0 Å². The first-order valence-corrected chi connectivity index (χ1v) is 29.6. The van der Waals surface area contributed by atoms with Gasteiger partial charge in [0.05, 0.1) is 22.4 Å². The second kappa shape index (κ2) is 21.1. The fraction of sp³-hybridized carbons (Fsp3) is 0.270. The van der Waals surface area contributed by atoms with Gasteiger partial charge < -0.3 is 14.1 Å². The third-order valence-corrected chi connectivity index (χ3v) is 18.1. The molecule has 0 atom stereocenters. The Balaban J connectivity index is 0.000000382. The van der Waals surface area contributed by atoms with Crippen molar-refractivity contribution in [2.24, 2.45) is 0 Å². The van der Waals surface area contributed by atoms with Crippen LogP contribution >= 0.6 is 11.8 Å². The Morgan fingerprint density at radius 2 is 1.21 bits per heavy atom. The normalized spacial score (nSPS) is 12.9. The summed E-state index contributed by atoms with van der Waals surface area (Å²) < 4.78 is 17.7. The van der Waals surface area contributed by atoms with Gasteiger partial charge in [-0.05, 0) is 134 Å². The van der Waals surface area contributed by atoms with Crippen LogP contribution in [0.25, 0.3) is 78.0 Å². The molecule has 82 heavy (non-hydrogen) atoms. The number of hydrogen-bond acceptors (Lipinski definition) is 3. The van der Waals surface area contributed by atoms with E-state index in [1.54, 1.807) is 6.07 Å². The summed E-state index contributed by atoms with van der Waals surface area (Å²) >= 11 is 1.94. The third-order valence-electron chi connectivity index (χ3n) is 16.9. The van der Waals surface area contributed by atoms with Crippen molar-refractivity contribution in [1.82, 2.24) is 19.1 Å². The molecule has 8 aromatic carbocycles. The first-order chi connectivity index (χ1) is 38.4. The first kappa shape index (κ1) is 57.0. The largest absolute Gasteiger partial charge is 0.333 e. The van der Waals surface area contributed by atoms with E-state index in [2.05, 4.69) is 238 Å². The van der Waals surface area contributed by atoms with Crippen molar-refractivity contribution in [2.45, 2.75) is 142 Å². The number of benzene rings is 8. The van der Waals surface area contributed by atoms with Crippen LogP contribution < -0.4 is 16.4 Å². The van der Waals surface area contributed by atoms with Crippen molar-refractivity contribution >= 4 is 67.7 Å². The number of halogens is 1. The zero-order chi connectivity index (χ0) is 57.2. The molecule has 0 saturated carbocycles. The molecule has 8 heteroatoms. The van der Waals surface area contributed by atoms with E-state index in [0.717, 1.165) is 44.8 Å². The van der Waals surface area contributed by atoms with E-state index in [4.69, 9.17) is 4.98 Å². The number of aromatic nitrogens is 4. The summed E-state index contributed by atoms with van der Waals surface area (Å²) in [6.07, 6.45) is 1.82. The van der Waals surface area contributed by atoms with E-state index >= 15 is 0 Å². The number of pyridine rings is 1. The molecule has 0 fully saturated rings. The van der Waals surface area contributed by atoms with Gasteiger partial charge in [-0.15, -0.1) is 59.7 Å². The van der Waals surface area contributed by atoms with Crippen LogP contribution in [-0.4, -0.2) is 25.8 Å². The Kier molecular flexibility index (Phi) is 14.7. The maximum Gasteiger partial charge on any atom is 0.249 e. The fourth-order valence-electron chi connectivity index (χ4n) is 12.1. The van der Waals surface area contributed by atoms with E-state index < -0.39 is 0 Å². The molecule has 0 spiro atoms. The quantitative estimate of drug-likeness (QED) is 0.123. The van der Waals surface area contributed by atoms with Gasteiger partial charge in [0.2, 0.25) is 6.71 Å². The van der Waals surface area contributed by atoms with Crippen molar-refractivity contribution < 1.29 is 24.5 Å². The Morgan fingerprint density at radius 1 is 0.561 bits per heavy atom. The molecular formula is C74H72BFIrN4S-2. The topological polar surface area (TPSA) is 35.6 Å². The molecule has 0 bridgehead atoms. The van der Waals surface area contributed by atoms with Crippen molar-refractivity contribution in [3.8, 4) is 45.1 Å². The zero-order valence-corrected chi connectivity index (χ0v) is 53.3. The first-order valence-electron chi connectivity index (χ1n) is 28.8. The molecule has 0 aliphatic carbocycles. The number of rotatable bonds is 6. The summed E-state index contributed by atoms with van der Waals surface area (Å²) in [5.41, 5.74) is 25.6. The number of nitrogens with zero attached hydrogens (tertiary/aromatic N) is 4. The Bertz CT molecular complexity index is 4270. The van der Waals surface area contributed by atoms with Crippen molar-refractivity contribution in [2.75, 3.05) is 0 Å². The van der Waals surface area contributed by atoms with E-state index in [1.165, 1.54) is 110 Å². The molecule has 415 valence electrons. The van der Waals surface area contributed by atoms with E-state index in [-0.39, 0.29) is 48.9 Å². The van der Waals surface area contributed by atoms with Crippen LogP contribution in [0.5, 0.6) is 0 Å². The van der Waals surface area contributed by atoms with Crippen molar-refractivity contribution in [3.05, 3.63) is 209 Å². The Morgan fingerprint density at radius 3 is 1.85 bits per heavy atom. The van der Waals surface area contributed by atoms with Gasteiger partial charge in [0.25, 0.3) is 0 Å². The molecule has 4 nitrogen and oxygen atoms in total. The van der Waals surface area contributed by atoms with E-state index in [1.807, 2.05) is 37.9 Å². The van der Waals surface area contributed by atoms with Crippen LogP contribution in [0, 0.1) is 31.8 Å². The molecule has 0 amide bonds. The second-order valence-electron chi connectivity index (χ2n) is 26.4. The van der Waals surface area contributed by atoms with Gasteiger partial charge in [-0.2, -0.15) is 0 Å². The van der Waals surface area contributed by atoms with Gasteiger partial charge >= 0.3 is 0 Å². The predicted molar refractivity (Wildman–Crippen MR) is 343 cm³/mol. The summed E-state index contributed by atoms with van der Waals surface area (Å²) in [7, 11) is 0. The predicted octanol–water partition coefficient (Wildman–Crippen LogP) is 18.0. The summed E-state index contributed by atoms with van der Waals surface area (Å²) in [5, 5.41) is 2.68. The van der Waals surface area contributed by atoms with Gasteiger partial charge in [0, 0.05) is 69.6 Å². The molecule has 2 aliphatic heterocycles. The number of aryl methyl sites for hydroxylation is 2. The minimum atomic E-state index is -0.275. The number of para-hydroxylation sites is 3. The zero-order valence-electron chi connectivity index (χ0n) is 50.1. The van der Waals surface area contributed by atoms with Crippen LogP contribution in [-0.2, 0) is 36.4 Å². The Labute approximate surface area is 503 Å². The SMILES string of the molecule is CC(C)c1cccc(C(C)C)c1-n1c(-c2[c-]cc(-c3cc4c5c(c3)-n3c6ccc(C(C)(C)C)cc6c6cc(C(C)(C)C)cc(c63)B5c3cc(C(C)(C)C)ccc3S4)cc2)nc2ccccc21.Cc1cnc(-c2[c-]cc(F)cc2)cc1C.[Ir]. The standard InChI is InChI=1S/C61H61BN3S.C13H11FN.Ir/c1-35(2)43-17-16-18-44(36(3)4)56(43)65-51-20-15-14-19-49(51)63-58(65)38-23-21-37(22-24-38)39-29-52-55-54(30-39)66-53-28-26-41(60(8,9)10)33-47(53)62(55)48-34-42(61(11,12)13)32-46-45-31-40(59(5,6)7)25-27-50(45)64(52)57(46)48;1-9-7-13(15-8-10(9)2)11-3-5-12(14)6-4-11;/h14-23,25-36H,1-13H3;3,5-8H,1-2H3;/q2*-1;. The fourth-order valence-corrected chi connectivity index (χ4v) is 13.3. The number of fused-ring (bicyclic) bond motifs is 8. The van der Waals surface area contributed by atoms with Crippen LogP contribution in [0.1, 0.15) is 141 Å². The van der Waals surface area contributed by atoms with Gasteiger partial charge in [-0.3, -0.25) is 9.37 Å². The molecule has 0 N–H and O–H groups in total. The van der Waals surface area contributed by atoms with Crippen LogP contribution in [0.2, 0.25) is 0 Å². The molecule has 3 aromatic heterocycles.